The Morgan fingerprint density at radius 1 is 1.02 bits per heavy atom. The van der Waals surface area contributed by atoms with E-state index in [-0.39, 0.29) is 54.3 Å². The standard InChI is InChI=1S/C44H52N4O7/c1-6-25-20-48-22-55-21-44(42(51)54-5)32(25)16-31(37-30(17-35(44)48)26-9-7-8-10-33(26)45-37)36-34(52-3)12-11-27-28-13-14-47-19-24-15-29(23(2)49)40(47)43(18-24,41(50)53-4)39(28)46-38(27)36/h6-12,23-24,29,31-32,35,40,45-46,49H,13-22H2,1-5H3/t23-,24+,29+,31-,32-,35-,40-,43+,44-/m0/s1. The summed E-state index contributed by atoms with van der Waals surface area (Å²) in [4.78, 5) is 41.6. The molecule has 4 saturated heterocycles. The lowest BCUT2D eigenvalue weighted by molar-refractivity contribution is -0.199. The zero-order chi connectivity index (χ0) is 38.0. The van der Waals surface area contributed by atoms with Crippen LogP contribution in [0.4, 0.5) is 0 Å². The molecule has 1 saturated carbocycles. The van der Waals surface area contributed by atoms with E-state index in [1.807, 2.05) is 6.92 Å². The fraction of sp³-hybridized carbons (Fsp3) is 0.545. The normalized spacial score (nSPS) is 36.0. The van der Waals surface area contributed by atoms with Crippen molar-refractivity contribution in [1.29, 1.82) is 0 Å². The van der Waals surface area contributed by atoms with Crippen molar-refractivity contribution in [3.05, 3.63) is 76.1 Å². The topological polar surface area (TPSA) is 129 Å². The molecule has 0 amide bonds. The second-order valence-corrected chi connectivity index (χ2v) is 17.2. The highest BCUT2D eigenvalue weighted by Crippen LogP contribution is 2.59. The Morgan fingerprint density at radius 3 is 2.60 bits per heavy atom. The first-order valence-electron chi connectivity index (χ1n) is 20.1. The molecule has 0 radical (unpaired) electrons. The van der Waals surface area contributed by atoms with Crippen LogP contribution in [0.5, 0.6) is 5.75 Å². The monoisotopic (exact) mass is 748 g/mol. The average molecular weight is 749 g/mol. The Balaban J connectivity index is 1.25. The number of allylic oxidation sites excluding steroid dienone is 1. The lowest BCUT2D eigenvalue weighted by atomic mass is 9.56. The summed E-state index contributed by atoms with van der Waals surface area (Å²) in [5, 5.41) is 13.4. The van der Waals surface area contributed by atoms with Crippen LogP contribution >= 0.6 is 0 Å². The highest BCUT2D eigenvalue weighted by atomic mass is 16.5. The molecule has 5 aliphatic heterocycles. The maximum absolute atomic E-state index is 14.5. The van der Waals surface area contributed by atoms with Crippen molar-refractivity contribution in [2.75, 3.05) is 54.3 Å². The van der Waals surface area contributed by atoms with Crippen molar-refractivity contribution in [2.24, 2.45) is 23.2 Å². The van der Waals surface area contributed by atoms with Gasteiger partial charge in [-0.2, -0.15) is 0 Å². The summed E-state index contributed by atoms with van der Waals surface area (Å²) in [5.74, 6) is 0.107. The van der Waals surface area contributed by atoms with Crippen LogP contribution in [0.2, 0.25) is 0 Å². The van der Waals surface area contributed by atoms with Gasteiger partial charge in [0.1, 0.15) is 16.6 Å². The molecule has 11 rings (SSSR count). The van der Waals surface area contributed by atoms with E-state index in [0.717, 1.165) is 82.5 Å². The molecule has 2 aromatic carbocycles. The quantitative estimate of drug-likeness (QED) is 0.187. The molecular weight excluding hydrogens is 697 g/mol. The number of aromatic nitrogens is 2. The van der Waals surface area contributed by atoms with Crippen LogP contribution in [0.3, 0.4) is 0 Å². The molecule has 11 atom stereocenters. The Hall–Kier alpha value is -4.16. The van der Waals surface area contributed by atoms with Crippen molar-refractivity contribution in [2.45, 2.75) is 75.5 Å². The number of esters is 2. The molecule has 2 unspecified atom stereocenters. The van der Waals surface area contributed by atoms with Gasteiger partial charge in [-0.05, 0) is 81.2 Å². The van der Waals surface area contributed by atoms with E-state index >= 15 is 0 Å². The van der Waals surface area contributed by atoms with E-state index in [9.17, 15) is 14.7 Å². The zero-order valence-corrected chi connectivity index (χ0v) is 32.4. The third-order valence-electron chi connectivity index (χ3n) is 15.0. The van der Waals surface area contributed by atoms with Crippen LogP contribution in [0.1, 0.15) is 67.1 Å². The van der Waals surface area contributed by atoms with Gasteiger partial charge in [0.2, 0.25) is 0 Å². The minimum Gasteiger partial charge on any atom is -0.496 e. The number of carbonyl (C=O) groups excluding carboxylic acids is 2. The smallest absolute Gasteiger partial charge is 0.319 e. The molecule has 2 aromatic heterocycles. The number of aliphatic hydroxyl groups excluding tert-OH is 1. The van der Waals surface area contributed by atoms with E-state index < -0.39 is 16.9 Å². The van der Waals surface area contributed by atoms with Gasteiger partial charge in [-0.3, -0.25) is 19.4 Å². The molecule has 290 valence electrons. The van der Waals surface area contributed by atoms with Gasteiger partial charge >= 0.3 is 11.9 Å². The van der Waals surface area contributed by atoms with Crippen molar-refractivity contribution in [1.82, 2.24) is 19.8 Å². The Labute approximate surface area is 321 Å². The van der Waals surface area contributed by atoms with E-state index in [0.29, 0.717) is 26.0 Å². The summed E-state index contributed by atoms with van der Waals surface area (Å²) < 4.78 is 24.1. The fourth-order valence-corrected chi connectivity index (χ4v) is 12.9. The summed E-state index contributed by atoms with van der Waals surface area (Å²) in [5.41, 5.74) is 6.77. The third kappa shape index (κ3) is 4.64. The summed E-state index contributed by atoms with van der Waals surface area (Å²) >= 11 is 0. The number of ether oxygens (including phenoxy) is 4. The van der Waals surface area contributed by atoms with E-state index in [1.54, 1.807) is 7.11 Å². The van der Waals surface area contributed by atoms with Gasteiger partial charge in [-0.15, -0.1) is 0 Å². The largest absolute Gasteiger partial charge is 0.496 e. The number of hydrogen-bond acceptors (Lipinski definition) is 9. The van der Waals surface area contributed by atoms with Crippen molar-refractivity contribution < 1.29 is 33.6 Å². The van der Waals surface area contributed by atoms with Crippen LogP contribution in [0.25, 0.3) is 21.8 Å². The first-order valence-corrected chi connectivity index (χ1v) is 20.1. The van der Waals surface area contributed by atoms with Crippen LogP contribution < -0.4 is 4.74 Å². The molecule has 7 heterocycles. The highest BCUT2D eigenvalue weighted by Gasteiger charge is 2.65. The third-order valence-corrected chi connectivity index (χ3v) is 15.0. The maximum atomic E-state index is 14.5. The maximum Gasteiger partial charge on any atom is 0.319 e. The van der Waals surface area contributed by atoms with Gasteiger partial charge in [-0.25, -0.2) is 0 Å². The number of H-pyrrole nitrogens is 2. The number of fused-ring (bicyclic) bond motifs is 7. The van der Waals surface area contributed by atoms with Crippen LogP contribution in [0, 0.1) is 23.2 Å². The first-order chi connectivity index (χ1) is 26.7. The van der Waals surface area contributed by atoms with Crippen molar-refractivity contribution in [3.8, 4) is 5.75 Å². The molecule has 7 aliphatic rings. The van der Waals surface area contributed by atoms with Crippen LogP contribution in [-0.4, -0.2) is 109 Å². The van der Waals surface area contributed by atoms with E-state index in [4.69, 9.17) is 18.9 Å². The minimum atomic E-state index is -0.952. The fourth-order valence-electron chi connectivity index (χ4n) is 12.9. The highest BCUT2D eigenvalue weighted by molar-refractivity contribution is 5.95. The number of rotatable bonds is 5. The van der Waals surface area contributed by atoms with Gasteiger partial charge in [0, 0.05) is 82.7 Å². The second kappa shape index (κ2) is 12.7. The molecule has 5 fully saturated rings. The Morgan fingerprint density at radius 2 is 1.84 bits per heavy atom. The number of benzene rings is 2. The summed E-state index contributed by atoms with van der Waals surface area (Å²) in [6.45, 7) is 7.15. The molecule has 11 nitrogen and oxygen atoms in total. The van der Waals surface area contributed by atoms with Gasteiger partial charge in [0.15, 0.2) is 0 Å². The lowest BCUT2D eigenvalue weighted by Crippen LogP contribution is -2.68. The first kappa shape index (κ1) is 35.3. The number of aromatic amines is 2. The molecule has 3 N–H and O–H groups in total. The zero-order valence-electron chi connectivity index (χ0n) is 32.4. The Bertz CT molecular complexity index is 2260. The van der Waals surface area contributed by atoms with E-state index in [1.165, 1.54) is 25.4 Å². The number of carbonyl (C=O) groups is 2. The second-order valence-electron chi connectivity index (χ2n) is 17.2. The number of nitrogens with one attached hydrogen (secondary N) is 2. The number of aliphatic hydroxyl groups is 1. The Kier molecular flexibility index (Phi) is 8.13. The van der Waals surface area contributed by atoms with Gasteiger partial charge in [0.05, 0.1) is 46.3 Å². The number of hydrogen-bond donors (Lipinski definition) is 3. The molecular formula is C44H52N4O7. The predicted octanol–water partition coefficient (Wildman–Crippen LogP) is 5.19. The predicted molar refractivity (Wildman–Crippen MR) is 207 cm³/mol. The molecule has 0 spiro atoms. The lowest BCUT2D eigenvalue weighted by Gasteiger charge is -2.58. The molecule has 2 aliphatic carbocycles. The van der Waals surface area contributed by atoms with E-state index in [2.05, 4.69) is 69.2 Å². The van der Waals surface area contributed by atoms with Crippen LogP contribution in [0.15, 0.2) is 48.0 Å². The summed E-state index contributed by atoms with van der Waals surface area (Å²) in [6, 6.07) is 12.4. The number of nitrogens with zero attached hydrogens (tertiary/aromatic N) is 2. The van der Waals surface area contributed by atoms with Gasteiger partial charge < -0.3 is 34.0 Å². The minimum absolute atomic E-state index is 0.0530. The number of para-hydroxylation sites is 1. The van der Waals surface area contributed by atoms with Gasteiger partial charge in [0.25, 0.3) is 0 Å². The molecule has 8 bridgehead atoms. The summed E-state index contributed by atoms with van der Waals surface area (Å²) in [6.07, 6.45) is 5.26. The van der Waals surface area contributed by atoms with Crippen molar-refractivity contribution >= 4 is 33.7 Å². The van der Waals surface area contributed by atoms with Gasteiger partial charge in [-0.1, -0.05) is 29.8 Å². The molecule has 4 aromatic rings. The van der Waals surface area contributed by atoms with Crippen LogP contribution in [-0.2, 0) is 42.1 Å². The number of piperidine rings is 3. The molecule has 11 heteroatoms. The summed E-state index contributed by atoms with van der Waals surface area (Å²) in [7, 11) is 4.73. The molecule has 55 heavy (non-hydrogen) atoms. The van der Waals surface area contributed by atoms with Crippen molar-refractivity contribution in [3.63, 3.8) is 0 Å². The number of methoxy groups -OCH3 is 3. The average Bonchev–Trinajstić information content (AvgIpc) is 3.73. The SMILES string of the molecule is CC=C1CN2COC[C@@]3(C(=O)OC)[C@@H]2Cc2c([nH]c4ccccc24)[C@H](c2c(OC)ccc4c5c([nH]c24)[C@]2(C(=O)OC)C[C@H]4C[C@H]([C@H](C)O)[C@@H]2N(CC5)C4)C[C@@H]13.